The topological polar surface area (TPSA) is 40.5 Å². The minimum absolute atomic E-state index is 0.162. The molecule has 20 heavy (non-hydrogen) atoms. The molecule has 0 aromatic heterocycles. The summed E-state index contributed by atoms with van der Waals surface area (Å²) in [4.78, 5) is 14.0. The molecule has 2 rings (SSSR count). The van der Waals surface area contributed by atoms with Crippen molar-refractivity contribution in [3.63, 3.8) is 0 Å². The number of carboxylic acid groups (broad SMARTS) is 1. The molecule has 0 heterocycles. The molecule has 2 fully saturated rings. The average Bonchev–Trinajstić information content (AvgIpc) is 2.35. The Morgan fingerprint density at radius 1 is 1.25 bits per heavy atom. The number of carbonyl (C=O) groups is 1. The van der Waals surface area contributed by atoms with Gasteiger partial charge in [0.1, 0.15) is 0 Å². The van der Waals surface area contributed by atoms with E-state index in [-0.39, 0.29) is 12.0 Å². The highest BCUT2D eigenvalue weighted by molar-refractivity contribution is 5.71. The molecule has 2 saturated carbocycles. The molecule has 2 aliphatic carbocycles. The van der Waals surface area contributed by atoms with E-state index >= 15 is 0 Å². The van der Waals surface area contributed by atoms with E-state index in [1.165, 1.54) is 25.7 Å². The summed E-state index contributed by atoms with van der Waals surface area (Å²) in [7, 11) is 2.16. The molecular formula is C17H31NO2. The quantitative estimate of drug-likeness (QED) is 0.834. The fraction of sp³-hybridized carbons (Fsp3) is 0.941. The van der Waals surface area contributed by atoms with Gasteiger partial charge in [-0.2, -0.15) is 0 Å². The predicted octanol–water partition coefficient (Wildman–Crippen LogP) is 3.78. The zero-order valence-corrected chi connectivity index (χ0v) is 13.6. The van der Waals surface area contributed by atoms with Crippen molar-refractivity contribution in [2.45, 2.75) is 77.8 Å². The molecule has 0 spiro atoms. The first kappa shape index (κ1) is 15.8. The largest absolute Gasteiger partial charge is 0.481 e. The van der Waals surface area contributed by atoms with Gasteiger partial charge in [-0.15, -0.1) is 0 Å². The average molecular weight is 281 g/mol. The fourth-order valence-corrected chi connectivity index (χ4v) is 3.95. The standard InChI is InChI=1S/C17H31NO2/c1-5-17(2,3)12-9-10-14(16(19)20)15(11-12)18(4)13-7-6-8-13/h12-15H,5-11H2,1-4H3,(H,19,20). The van der Waals surface area contributed by atoms with E-state index in [9.17, 15) is 9.90 Å². The molecule has 0 saturated heterocycles. The van der Waals surface area contributed by atoms with Crippen molar-refractivity contribution >= 4 is 5.97 Å². The lowest BCUT2D eigenvalue weighted by Gasteiger charge is -2.48. The molecule has 0 bridgehead atoms. The number of rotatable bonds is 5. The van der Waals surface area contributed by atoms with Crippen LogP contribution in [0, 0.1) is 17.3 Å². The third kappa shape index (κ3) is 3.03. The van der Waals surface area contributed by atoms with Crippen LogP contribution in [0.1, 0.15) is 65.7 Å². The Labute approximate surface area is 123 Å². The van der Waals surface area contributed by atoms with Gasteiger partial charge < -0.3 is 5.11 Å². The van der Waals surface area contributed by atoms with Crippen molar-refractivity contribution in [1.29, 1.82) is 0 Å². The van der Waals surface area contributed by atoms with Crippen molar-refractivity contribution in [2.75, 3.05) is 7.05 Å². The maximum atomic E-state index is 11.6. The lowest BCUT2D eigenvalue weighted by Crippen LogP contribution is -2.52. The Morgan fingerprint density at radius 2 is 1.90 bits per heavy atom. The molecule has 3 atom stereocenters. The first-order valence-electron chi connectivity index (χ1n) is 8.31. The highest BCUT2D eigenvalue weighted by atomic mass is 16.4. The second-order valence-corrected chi connectivity index (χ2v) is 7.61. The Kier molecular flexibility index (Phi) is 4.78. The van der Waals surface area contributed by atoms with Gasteiger partial charge in [0.2, 0.25) is 0 Å². The van der Waals surface area contributed by atoms with Crippen LogP contribution < -0.4 is 0 Å². The van der Waals surface area contributed by atoms with E-state index in [1.54, 1.807) is 0 Å². The summed E-state index contributed by atoms with van der Waals surface area (Å²) >= 11 is 0. The summed E-state index contributed by atoms with van der Waals surface area (Å²) in [5, 5.41) is 9.55. The van der Waals surface area contributed by atoms with E-state index in [2.05, 4.69) is 32.7 Å². The van der Waals surface area contributed by atoms with Gasteiger partial charge in [-0.1, -0.05) is 33.6 Å². The van der Waals surface area contributed by atoms with Crippen LogP contribution in [-0.4, -0.2) is 35.1 Å². The van der Waals surface area contributed by atoms with E-state index in [4.69, 9.17) is 0 Å². The predicted molar refractivity (Wildman–Crippen MR) is 81.7 cm³/mol. The lowest BCUT2D eigenvalue weighted by atomic mass is 9.65. The zero-order chi connectivity index (χ0) is 14.9. The fourth-order valence-electron chi connectivity index (χ4n) is 3.95. The van der Waals surface area contributed by atoms with Gasteiger partial charge in [-0.05, 0) is 50.5 Å². The zero-order valence-electron chi connectivity index (χ0n) is 13.6. The molecule has 2 aliphatic rings. The van der Waals surface area contributed by atoms with Crippen LogP contribution >= 0.6 is 0 Å². The van der Waals surface area contributed by atoms with Crippen LogP contribution in [0.3, 0.4) is 0 Å². The lowest BCUT2D eigenvalue weighted by molar-refractivity contribution is -0.147. The minimum atomic E-state index is -0.589. The van der Waals surface area contributed by atoms with E-state index in [0.717, 1.165) is 19.3 Å². The second-order valence-electron chi connectivity index (χ2n) is 7.61. The van der Waals surface area contributed by atoms with Gasteiger partial charge in [0.25, 0.3) is 0 Å². The Balaban J connectivity index is 2.11. The van der Waals surface area contributed by atoms with E-state index in [1.807, 2.05) is 0 Å². The van der Waals surface area contributed by atoms with Crippen LogP contribution in [0.15, 0.2) is 0 Å². The molecule has 0 amide bonds. The Bertz CT molecular complexity index is 349. The minimum Gasteiger partial charge on any atom is -0.481 e. The van der Waals surface area contributed by atoms with Crippen LogP contribution in [0.4, 0.5) is 0 Å². The van der Waals surface area contributed by atoms with Gasteiger partial charge in [-0.3, -0.25) is 9.69 Å². The molecule has 3 unspecified atom stereocenters. The summed E-state index contributed by atoms with van der Waals surface area (Å²) in [5.74, 6) is -0.0888. The number of hydrogen-bond acceptors (Lipinski definition) is 2. The highest BCUT2D eigenvalue weighted by Crippen LogP contribution is 2.44. The first-order chi connectivity index (χ1) is 9.36. The van der Waals surface area contributed by atoms with Crippen molar-refractivity contribution in [3.8, 4) is 0 Å². The van der Waals surface area contributed by atoms with Gasteiger partial charge >= 0.3 is 5.97 Å². The molecule has 3 nitrogen and oxygen atoms in total. The van der Waals surface area contributed by atoms with E-state index in [0.29, 0.717) is 17.4 Å². The Hall–Kier alpha value is -0.570. The first-order valence-corrected chi connectivity index (χ1v) is 8.31. The van der Waals surface area contributed by atoms with Gasteiger partial charge in [0.15, 0.2) is 0 Å². The molecule has 1 N–H and O–H groups in total. The smallest absolute Gasteiger partial charge is 0.308 e. The number of hydrogen-bond donors (Lipinski definition) is 1. The number of nitrogens with zero attached hydrogens (tertiary/aromatic N) is 1. The Morgan fingerprint density at radius 3 is 2.35 bits per heavy atom. The van der Waals surface area contributed by atoms with Crippen molar-refractivity contribution < 1.29 is 9.90 Å². The molecule has 0 aromatic carbocycles. The molecular weight excluding hydrogens is 250 g/mol. The van der Waals surface area contributed by atoms with Crippen molar-refractivity contribution in [2.24, 2.45) is 17.3 Å². The van der Waals surface area contributed by atoms with Crippen LogP contribution in [0.2, 0.25) is 0 Å². The van der Waals surface area contributed by atoms with Gasteiger partial charge in [-0.25, -0.2) is 0 Å². The highest BCUT2D eigenvalue weighted by Gasteiger charge is 2.43. The van der Waals surface area contributed by atoms with E-state index < -0.39 is 5.97 Å². The SMILES string of the molecule is CCC(C)(C)C1CCC(C(=O)O)C(N(C)C2CCC2)C1. The summed E-state index contributed by atoms with van der Waals surface area (Å²) in [6.07, 6.45) is 7.98. The summed E-state index contributed by atoms with van der Waals surface area (Å²) in [6, 6.07) is 0.868. The molecule has 0 aliphatic heterocycles. The summed E-state index contributed by atoms with van der Waals surface area (Å²) < 4.78 is 0. The molecule has 116 valence electrons. The monoisotopic (exact) mass is 281 g/mol. The maximum Gasteiger partial charge on any atom is 0.308 e. The van der Waals surface area contributed by atoms with Crippen LogP contribution in [0.25, 0.3) is 0 Å². The number of aliphatic carboxylic acids is 1. The third-order valence-corrected chi connectivity index (χ3v) is 6.32. The summed E-state index contributed by atoms with van der Waals surface area (Å²) in [5.41, 5.74) is 0.335. The van der Waals surface area contributed by atoms with Gasteiger partial charge in [0.05, 0.1) is 5.92 Å². The van der Waals surface area contributed by atoms with Crippen molar-refractivity contribution in [3.05, 3.63) is 0 Å². The third-order valence-electron chi connectivity index (χ3n) is 6.32. The van der Waals surface area contributed by atoms with Gasteiger partial charge in [0, 0.05) is 12.1 Å². The number of carboxylic acids is 1. The normalized spacial score (nSPS) is 32.1. The van der Waals surface area contributed by atoms with Crippen LogP contribution in [0.5, 0.6) is 0 Å². The van der Waals surface area contributed by atoms with Crippen LogP contribution in [-0.2, 0) is 4.79 Å². The summed E-state index contributed by atoms with van der Waals surface area (Å²) in [6.45, 7) is 6.95. The molecule has 0 aromatic rings. The van der Waals surface area contributed by atoms with Crippen molar-refractivity contribution in [1.82, 2.24) is 4.90 Å². The second kappa shape index (κ2) is 6.05. The maximum absolute atomic E-state index is 11.6. The molecule has 3 heteroatoms. The molecule has 0 radical (unpaired) electrons.